The lowest BCUT2D eigenvalue weighted by Crippen LogP contribution is -2.44. The van der Waals surface area contributed by atoms with Crippen LogP contribution < -0.4 is 10.6 Å². The molecule has 6 heteroatoms. The van der Waals surface area contributed by atoms with Crippen LogP contribution in [0.4, 0.5) is 4.79 Å². The molecule has 20 heavy (non-hydrogen) atoms. The van der Waals surface area contributed by atoms with Gasteiger partial charge in [0.2, 0.25) is 0 Å². The van der Waals surface area contributed by atoms with Crippen LogP contribution in [0.5, 0.6) is 0 Å². The third-order valence-electron chi connectivity index (χ3n) is 2.29. The Kier molecular flexibility index (Phi) is 9.54. The summed E-state index contributed by atoms with van der Waals surface area (Å²) in [6.07, 6.45) is -0.661. The number of hydrogen-bond acceptors (Lipinski definition) is 5. The average molecular weight is 290 g/mol. The van der Waals surface area contributed by atoms with Gasteiger partial charge in [0.05, 0.1) is 0 Å². The van der Waals surface area contributed by atoms with Crippen molar-refractivity contribution in [2.75, 3.05) is 26.3 Å². The fraction of sp³-hybridized carbons (Fsp3) is 0.929. The highest BCUT2D eigenvalue weighted by Crippen LogP contribution is 2.06. The van der Waals surface area contributed by atoms with Crippen LogP contribution in [0.1, 0.15) is 41.5 Å². The van der Waals surface area contributed by atoms with Crippen LogP contribution in [0.2, 0.25) is 0 Å². The highest BCUT2D eigenvalue weighted by molar-refractivity contribution is 5.67. The van der Waals surface area contributed by atoms with Gasteiger partial charge in [-0.15, -0.1) is 0 Å². The smallest absolute Gasteiger partial charge is 0.407 e. The van der Waals surface area contributed by atoms with Gasteiger partial charge in [0.1, 0.15) is 5.60 Å². The van der Waals surface area contributed by atoms with Gasteiger partial charge < -0.3 is 24.8 Å². The second-order valence-corrected chi connectivity index (χ2v) is 5.53. The zero-order valence-corrected chi connectivity index (χ0v) is 13.6. The van der Waals surface area contributed by atoms with Crippen molar-refractivity contribution in [1.82, 2.24) is 10.6 Å². The Labute approximate surface area is 122 Å². The third kappa shape index (κ3) is 11.0. The van der Waals surface area contributed by atoms with E-state index in [2.05, 4.69) is 10.6 Å². The minimum absolute atomic E-state index is 0.103. The molecule has 0 heterocycles. The molecule has 0 rings (SSSR count). The quantitative estimate of drug-likeness (QED) is 0.635. The molecular weight excluding hydrogens is 260 g/mol. The minimum Gasteiger partial charge on any atom is -0.444 e. The van der Waals surface area contributed by atoms with Gasteiger partial charge in [-0.3, -0.25) is 0 Å². The van der Waals surface area contributed by atoms with Gasteiger partial charge in [-0.2, -0.15) is 0 Å². The van der Waals surface area contributed by atoms with Crippen molar-refractivity contribution in [3.63, 3.8) is 0 Å². The van der Waals surface area contributed by atoms with E-state index in [0.717, 1.165) is 0 Å². The molecule has 0 aliphatic rings. The van der Waals surface area contributed by atoms with Crippen molar-refractivity contribution in [3.8, 4) is 0 Å². The van der Waals surface area contributed by atoms with Gasteiger partial charge in [0, 0.05) is 32.3 Å². The van der Waals surface area contributed by atoms with Crippen LogP contribution in [0.15, 0.2) is 0 Å². The molecule has 1 unspecified atom stereocenters. The minimum atomic E-state index is -0.476. The summed E-state index contributed by atoms with van der Waals surface area (Å²) >= 11 is 0. The Morgan fingerprint density at radius 2 is 1.65 bits per heavy atom. The molecule has 0 bridgehead atoms. The lowest BCUT2D eigenvalue weighted by Gasteiger charge is -2.22. The number of hydrogen-bond donors (Lipinski definition) is 2. The number of nitrogens with one attached hydrogen (secondary N) is 2. The summed E-state index contributed by atoms with van der Waals surface area (Å²) in [4.78, 5) is 11.5. The van der Waals surface area contributed by atoms with Crippen LogP contribution in [-0.2, 0) is 14.2 Å². The van der Waals surface area contributed by atoms with Crippen LogP contribution >= 0.6 is 0 Å². The van der Waals surface area contributed by atoms with Gasteiger partial charge >= 0.3 is 6.09 Å². The largest absolute Gasteiger partial charge is 0.444 e. The third-order valence-corrected chi connectivity index (χ3v) is 2.29. The summed E-state index contributed by atoms with van der Waals surface area (Å²) in [7, 11) is 0. The zero-order chi connectivity index (χ0) is 15.6. The fourth-order valence-electron chi connectivity index (χ4n) is 1.46. The lowest BCUT2D eigenvalue weighted by atomic mass is 10.2. The predicted octanol–water partition coefficient (Wildman–Crippen LogP) is 1.89. The number of ether oxygens (including phenoxy) is 3. The molecule has 1 amide bonds. The molecule has 2 N–H and O–H groups in total. The van der Waals surface area contributed by atoms with Crippen LogP contribution in [0.25, 0.3) is 0 Å². The van der Waals surface area contributed by atoms with E-state index in [0.29, 0.717) is 26.3 Å². The number of rotatable bonds is 9. The Morgan fingerprint density at radius 1 is 1.10 bits per heavy atom. The molecule has 0 aliphatic heterocycles. The maximum Gasteiger partial charge on any atom is 0.407 e. The molecule has 0 spiro atoms. The first-order valence-electron chi connectivity index (χ1n) is 7.21. The predicted molar refractivity (Wildman–Crippen MR) is 78.7 cm³/mol. The first-order valence-corrected chi connectivity index (χ1v) is 7.21. The Bertz CT molecular complexity index is 260. The van der Waals surface area contributed by atoms with Crippen LogP contribution in [-0.4, -0.2) is 50.3 Å². The van der Waals surface area contributed by atoms with Crippen molar-refractivity contribution in [2.45, 2.75) is 59.5 Å². The van der Waals surface area contributed by atoms with Crippen LogP contribution in [0, 0.1) is 0 Å². The summed E-state index contributed by atoms with van der Waals surface area (Å²) in [5, 5.41) is 5.97. The van der Waals surface area contributed by atoms with Crippen molar-refractivity contribution < 1.29 is 19.0 Å². The summed E-state index contributed by atoms with van der Waals surface area (Å²) in [6.45, 7) is 13.6. The molecule has 120 valence electrons. The first kappa shape index (κ1) is 19.1. The van der Waals surface area contributed by atoms with E-state index in [-0.39, 0.29) is 12.3 Å². The Hall–Kier alpha value is -0.850. The highest BCUT2D eigenvalue weighted by Gasteiger charge is 2.16. The number of carbonyl (C=O) groups excluding carboxylic acids is 1. The fourth-order valence-corrected chi connectivity index (χ4v) is 1.46. The Morgan fingerprint density at radius 3 is 2.10 bits per heavy atom. The van der Waals surface area contributed by atoms with Gasteiger partial charge in [0.25, 0.3) is 0 Å². The topological polar surface area (TPSA) is 68.8 Å². The van der Waals surface area contributed by atoms with Crippen molar-refractivity contribution in [3.05, 3.63) is 0 Å². The SMILES string of the molecule is CCOC(CNC(C)CNC(=O)OC(C)(C)C)OCC. The van der Waals surface area contributed by atoms with E-state index in [1.165, 1.54) is 0 Å². The van der Waals surface area contributed by atoms with E-state index < -0.39 is 11.7 Å². The molecular formula is C14H30N2O4. The molecule has 0 aromatic rings. The molecule has 0 radical (unpaired) electrons. The van der Waals surface area contributed by atoms with E-state index >= 15 is 0 Å². The molecule has 0 aromatic heterocycles. The van der Waals surface area contributed by atoms with E-state index in [4.69, 9.17) is 14.2 Å². The van der Waals surface area contributed by atoms with Gasteiger partial charge in [-0.05, 0) is 41.5 Å². The Balaban J connectivity index is 3.87. The van der Waals surface area contributed by atoms with Gasteiger partial charge in [0.15, 0.2) is 6.29 Å². The number of carbonyl (C=O) groups is 1. The normalized spacial score (nSPS) is 13.3. The van der Waals surface area contributed by atoms with E-state index in [1.54, 1.807) is 0 Å². The van der Waals surface area contributed by atoms with Crippen molar-refractivity contribution in [1.29, 1.82) is 0 Å². The number of amides is 1. The second kappa shape index (κ2) is 9.96. The molecule has 1 atom stereocenters. The molecule has 0 saturated heterocycles. The lowest BCUT2D eigenvalue weighted by molar-refractivity contribution is -0.133. The standard InChI is InChI=1S/C14H30N2O4/c1-7-18-12(19-8-2)10-15-11(3)9-16-13(17)20-14(4,5)6/h11-12,15H,7-10H2,1-6H3,(H,16,17). The maximum atomic E-state index is 11.5. The van der Waals surface area contributed by atoms with E-state index in [1.807, 2.05) is 41.5 Å². The van der Waals surface area contributed by atoms with Gasteiger partial charge in [-0.25, -0.2) is 4.79 Å². The molecule has 0 aromatic carbocycles. The summed E-state index contributed by atoms with van der Waals surface area (Å²) in [5.74, 6) is 0. The summed E-state index contributed by atoms with van der Waals surface area (Å²) in [5.41, 5.74) is -0.476. The molecule has 0 fully saturated rings. The maximum absolute atomic E-state index is 11.5. The summed E-state index contributed by atoms with van der Waals surface area (Å²) in [6, 6.07) is 0.103. The monoisotopic (exact) mass is 290 g/mol. The molecule has 0 saturated carbocycles. The highest BCUT2D eigenvalue weighted by atomic mass is 16.7. The zero-order valence-electron chi connectivity index (χ0n) is 13.6. The van der Waals surface area contributed by atoms with Crippen molar-refractivity contribution in [2.24, 2.45) is 0 Å². The molecule has 0 aliphatic carbocycles. The van der Waals surface area contributed by atoms with Gasteiger partial charge in [-0.1, -0.05) is 0 Å². The molecule has 6 nitrogen and oxygen atoms in total. The van der Waals surface area contributed by atoms with Crippen molar-refractivity contribution >= 4 is 6.09 Å². The average Bonchev–Trinajstić information content (AvgIpc) is 2.32. The second-order valence-electron chi connectivity index (χ2n) is 5.53. The van der Waals surface area contributed by atoms with E-state index in [9.17, 15) is 4.79 Å². The summed E-state index contributed by atoms with van der Waals surface area (Å²) < 4.78 is 16.0. The first-order chi connectivity index (χ1) is 9.28. The van der Waals surface area contributed by atoms with Crippen LogP contribution in [0.3, 0.4) is 0 Å². The number of alkyl carbamates (subject to hydrolysis) is 1.